The number of H-pyrrole nitrogens is 1. The van der Waals surface area contributed by atoms with Gasteiger partial charge in [-0.3, -0.25) is 4.98 Å². The molecule has 3 aromatic rings. The van der Waals surface area contributed by atoms with Crippen LogP contribution in [0.3, 0.4) is 0 Å². The van der Waals surface area contributed by atoms with Crippen molar-refractivity contribution in [2.45, 2.75) is 6.54 Å². The fourth-order valence-electron chi connectivity index (χ4n) is 1.67. The zero-order valence-corrected chi connectivity index (χ0v) is 9.46. The summed E-state index contributed by atoms with van der Waals surface area (Å²) in [6.45, 7) is 0.610. The van der Waals surface area contributed by atoms with E-state index in [2.05, 4.69) is 30.2 Å². The number of fused-ring (bicyclic) bond motifs is 1. The molecule has 0 saturated carbocycles. The average molecular weight is 241 g/mol. The summed E-state index contributed by atoms with van der Waals surface area (Å²) in [6.07, 6.45) is 5.09. The van der Waals surface area contributed by atoms with Gasteiger partial charge in [-0.25, -0.2) is 4.98 Å². The molecule has 18 heavy (non-hydrogen) atoms. The van der Waals surface area contributed by atoms with Gasteiger partial charge in [0.1, 0.15) is 5.52 Å². The van der Waals surface area contributed by atoms with Crippen LogP contribution in [0.1, 0.15) is 5.56 Å². The lowest BCUT2D eigenvalue weighted by Gasteiger charge is -2.06. The summed E-state index contributed by atoms with van der Waals surface area (Å²) in [4.78, 5) is 19.3. The first-order valence-electron chi connectivity index (χ1n) is 5.42. The van der Waals surface area contributed by atoms with Gasteiger partial charge in [-0.15, -0.1) is 0 Å². The fraction of sp³-hybridized carbons (Fsp3) is 0.0909. The summed E-state index contributed by atoms with van der Waals surface area (Å²) in [7, 11) is 0. The maximum atomic E-state index is 5.62. The number of imidazole rings is 1. The first-order chi connectivity index (χ1) is 8.83. The van der Waals surface area contributed by atoms with E-state index in [0.717, 1.165) is 11.1 Å². The third-order valence-corrected chi connectivity index (χ3v) is 2.49. The molecule has 0 saturated heterocycles. The molecule has 0 aliphatic rings. The number of aromatic nitrogens is 5. The maximum Gasteiger partial charge on any atom is 0.224 e. The van der Waals surface area contributed by atoms with E-state index in [1.807, 2.05) is 12.1 Å². The Balaban J connectivity index is 1.88. The van der Waals surface area contributed by atoms with Gasteiger partial charge in [-0.2, -0.15) is 9.97 Å². The molecule has 0 radical (unpaired) electrons. The van der Waals surface area contributed by atoms with Gasteiger partial charge in [-0.1, -0.05) is 6.07 Å². The Kier molecular flexibility index (Phi) is 2.49. The van der Waals surface area contributed by atoms with Gasteiger partial charge >= 0.3 is 0 Å². The van der Waals surface area contributed by atoms with E-state index in [4.69, 9.17) is 5.73 Å². The molecule has 0 fully saturated rings. The predicted molar refractivity (Wildman–Crippen MR) is 67.7 cm³/mol. The van der Waals surface area contributed by atoms with Gasteiger partial charge in [0.25, 0.3) is 0 Å². The quantitative estimate of drug-likeness (QED) is 0.630. The summed E-state index contributed by atoms with van der Waals surface area (Å²) in [5.74, 6) is 0.835. The standard InChI is InChI=1S/C11H11N7/c12-11-17-9(8-10(18-11)16-6-15-8)14-5-7-2-1-3-13-4-7/h1-4,6H,5H2,(H4,12,14,15,16,17,18). The van der Waals surface area contributed by atoms with Crippen molar-refractivity contribution in [3.63, 3.8) is 0 Å². The Morgan fingerprint density at radius 2 is 2.28 bits per heavy atom. The summed E-state index contributed by atoms with van der Waals surface area (Å²) in [6, 6.07) is 3.87. The molecule has 7 heteroatoms. The first kappa shape index (κ1) is 10.5. The Hall–Kier alpha value is -2.70. The van der Waals surface area contributed by atoms with Gasteiger partial charge in [0, 0.05) is 18.9 Å². The Morgan fingerprint density at radius 1 is 1.33 bits per heavy atom. The number of nitrogens with one attached hydrogen (secondary N) is 2. The van der Waals surface area contributed by atoms with E-state index in [1.165, 1.54) is 0 Å². The second kappa shape index (κ2) is 4.28. The summed E-state index contributed by atoms with van der Waals surface area (Å²) >= 11 is 0. The van der Waals surface area contributed by atoms with Crippen LogP contribution in [0.5, 0.6) is 0 Å². The minimum Gasteiger partial charge on any atom is -0.368 e. The Morgan fingerprint density at radius 3 is 3.11 bits per heavy atom. The van der Waals surface area contributed by atoms with Crippen molar-refractivity contribution in [3.8, 4) is 0 Å². The van der Waals surface area contributed by atoms with Crippen LogP contribution in [0.4, 0.5) is 11.8 Å². The van der Waals surface area contributed by atoms with Gasteiger partial charge in [-0.05, 0) is 11.6 Å². The minimum atomic E-state index is 0.197. The number of nitrogen functional groups attached to an aromatic ring is 1. The summed E-state index contributed by atoms with van der Waals surface area (Å²) < 4.78 is 0. The van der Waals surface area contributed by atoms with Crippen LogP contribution in [0.2, 0.25) is 0 Å². The number of hydrogen-bond donors (Lipinski definition) is 3. The monoisotopic (exact) mass is 241 g/mol. The van der Waals surface area contributed by atoms with Crippen molar-refractivity contribution >= 4 is 22.9 Å². The fourth-order valence-corrected chi connectivity index (χ4v) is 1.67. The smallest absolute Gasteiger partial charge is 0.224 e. The molecule has 3 aromatic heterocycles. The largest absolute Gasteiger partial charge is 0.368 e. The molecular weight excluding hydrogens is 230 g/mol. The highest BCUT2D eigenvalue weighted by Crippen LogP contribution is 2.17. The molecule has 0 spiro atoms. The van der Waals surface area contributed by atoms with E-state index in [0.29, 0.717) is 18.0 Å². The van der Waals surface area contributed by atoms with Crippen molar-refractivity contribution < 1.29 is 0 Å². The molecule has 0 aliphatic heterocycles. The molecule has 0 atom stereocenters. The molecule has 3 heterocycles. The highest BCUT2D eigenvalue weighted by Gasteiger charge is 2.07. The highest BCUT2D eigenvalue weighted by atomic mass is 15.1. The lowest BCUT2D eigenvalue weighted by molar-refractivity contribution is 1.08. The molecule has 0 aliphatic carbocycles. The van der Waals surface area contributed by atoms with E-state index >= 15 is 0 Å². The molecule has 0 amide bonds. The van der Waals surface area contributed by atoms with E-state index in [9.17, 15) is 0 Å². The molecule has 0 aromatic carbocycles. The van der Waals surface area contributed by atoms with Crippen LogP contribution in [0.25, 0.3) is 11.2 Å². The molecule has 0 bridgehead atoms. The number of nitrogens with two attached hydrogens (primary N) is 1. The van der Waals surface area contributed by atoms with Gasteiger partial charge in [0.15, 0.2) is 11.5 Å². The first-order valence-corrected chi connectivity index (χ1v) is 5.42. The van der Waals surface area contributed by atoms with E-state index in [1.54, 1.807) is 18.7 Å². The molecule has 90 valence electrons. The van der Waals surface area contributed by atoms with Crippen LogP contribution >= 0.6 is 0 Å². The van der Waals surface area contributed by atoms with Gasteiger partial charge in [0.05, 0.1) is 6.33 Å². The van der Waals surface area contributed by atoms with Crippen molar-refractivity contribution in [1.82, 2.24) is 24.9 Å². The normalized spacial score (nSPS) is 10.7. The predicted octanol–water partition coefficient (Wildman–Crippen LogP) is 0.942. The van der Waals surface area contributed by atoms with Crippen LogP contribution in [0.15, 0.2) is 30.9 Å². The van der Waals surface area contributed by atoms with E-state index in [-0.39, 0.29) is 5.95 Å². The molecular formula is C11H11N7. The number of pyridine rings is 1. The number of nitrogens with zero attached hydrogens (tertiary/aromatic N) is 4. The maximum absolute atomic E-state index is 5.62. The van der Waals surface area contributed by atoms with Crippen LogP contribution in [-0.4, -0.2) is 24.9 Å². The van der Waals surface area contributed by atoms with Crippen LogP contribution in [-0.2, 0) is 6.54 Å². The number of hydrogen-bond acceptors (Lipinski definition) is 6. The highest BCUT2D eigenvalue weighted by molar-refractivity contribution is 5.83. The van der Waals surface area contributed by atoms with Crippen molar-refractivity contribution in [2.24, 2.45) is 0 Å². The number of aromatic amines is 1. The van der Waals surface area contributed by atoms with Gasteiger partial charge in [0.2, 0.25) is 5.95 Å². The van der Waals surface area contributed by atoms with Crippen LogP contribution < -0.4 is 11.1 Å². The lowest BCUT2D eigenvalue weighted by atomic mass is 10.3. The Labute approximate surface area is 103 Å². The van der Waals surface area contributed by atoms with Crippen molar-refractivity contribution in [2.75, 3.05) is 11.1 Å². The van der Waals surface area contributed by atoms with Crippen LogP contribution in [0, 0.1) is 0 Å². The number of anilines is 2. The van der Waals surface area contributed by atoms with Crippen molar-refractivity contribution in [1.29, 1.82) is 0 Å². The second-order valence-corrected chi connectivity index (χ2v) is 3.75. The summed E-state index contributed by atoms with van der Waals surface area (Å²) in [5, 5.41) is 3.19. The van der Waals surface area contributed by atoms with Gasteiger partial charge < -0.3 is 16.0 Å². The topological polar surface area (TPSA) is 105 Å². The van der Waals surface area contributed by atoms with Crippen molar-refractivity contribution in [3.05, 3.63) is 36.4 Å². The van der Waals surface area contributed by atoms with E-state index < -0.39 is 0 Å². The molecule has 4 N–H and O–H groups in total. The number of rotatable bonds is 3. The zero-order chi connectivity index (χ0) is 12.4. The Bertz CT molecular complexity index is 661. The molecule has 3 rings (SSSR count). The molecule has 7 nitrogen and oxygen atoms in total. The zero-order valence-electron chi connectivity index (χ0n) is 9.46. The SMILES string of the molecule is Nc1nc(NCc2cccnc2)c2[nH]cnc2n1. The average Bonchev–Trinajstić information content (AvgIpc) is 2.85. The summed E-state index contributed by atoms with van der Waals surface area (Å²) in [5.41, 5.74) is 7.98. The second-order valence-electron chi connectivity index (χ2n) is 3.75. The third-order valence-electron chi connectivity index (χ3n) is 2.49. The minimum absolute atomic E-state index is 0.197. The lowest BCUT2D eigenvalue weighted by Crippen LogP contribution is -2.05. The third kappa shape index (κ3) is 1.93. The molecule has 0 unspecified atom stereocenters.